The van der Waals surface area contributed by atoms with Gasteiger partial charge in [-0.3, -0.25) is 0 Å². The maximum absolute atomic E-state index is 13.1. The van der Waals surface area contributed by atoms with Crippen LogP contribution in [0.25, 0.3) is 0 Å². The molecule has 0 amide bonds. The molecule has 28 heavy (non-hydrogen) atoms. The number of rotatable bonds is 5. The van der Waals surface area contributed by atoms with Crippen molar-refractivity contribution < 1.29 is 13.2 Å². The van der Waals surface area contributed by atoms with Crippen molar-refractivity contribution in [3.8, 4) is 11.5 Å². The summed E-state index contributed by atoms with van der Waals surface area (Å²) in [6.07, 6.45) is 6.84. The Bertz CT molecular complexity index is 952. The third kappa shape index (κ3) is 3.44. The number of sulfonamides is 1. The molecule has 4 aliphatic rings. The standard InChI is InChI=1S/C22H24ClNO3S/c23-20-3-1-2-4-21(20)27-18-5-7-19(8-6-18)28(25,26)24-22-12-15-9-16(13-22)11-17(10-15)14-22/h1-8,15-17,24H,9-14H2. The van der Waals surface area contributed by atoms with Gasteiger partial charge in [0.1, 0.15) is 11.5 Å². The Hall–Kier alpha value is -1.56. The molecule has 6 rings (SSSR count). The maximum atomic E-state index is 13.1. The van der Waals surface area contributed by atoms with Gasteiger partial charge in [0, 0.05) is 5.54 Å². The average molecular weight is 418 g/mol. The predicted molar refractivity (Wildman–Crippen MR) is 109 cm³/mol. The molecule has 0 spiro atoms. The molecule has 4 fully saturated rings. The number of nitrogens with one attached hydrogen (secondary N) is 1. The molecule has 2 aromatic carbocycles. The van der Waals surface area contributed by atoms with Gasteiger partial charge >= 0.3 is 0 Å². The largest absolute Gasteiger partial charge is 0.456 e. The van der Waals surface area contributed by atoms with Crippen LogP contribution >= 0.6 is 11.6 Å². The van der Waals surface area contributed by atoms with Crippen LogP contribution in [0.1, 0.15) is 38.5 Å². The molecule has 4 nitrogen and oxygen atoms in total. The van der Waals surface area contributed by atoms with Crippen molar-refractivity contribution in [3.63, 3.8) is 0 Å². The second-order valence-electron chi connectivity index (χ2n) is 8.81. The van der Waals surface area contributed by atoms with E-state index in [1.807, 2.05) is 12.1 Å². The summed E-state index contributed by atoms with van der Waals surface area (Å²) in [6.45, 7) is 0. The molecule has 1 N–H and O–H groups in total. The molecule has 0 radical (unpaired) electrons. The molecule has 0 aromatic heterocycles. The molecule has 0 heterocycles. The van der Waals surface area contributed by atoms with Gasteiger partial charge in [-0.25, -0.2) is 13.1 Å². The van der Waals surface area contributed by atoms with Crippen LogP contribution in [0.2, 0.25) is 5.02 Å². The molecular weight excluding hydrogens is 394 g/mol. The lowest BCUT2D eigenvalue weighted by atomic mass is 9.53. The molecule has 148 valence electrons. The van der Waals surface area contributed by atoms with Crippen LogP contribution in [-0.4, -0.2) is 14.0 Å². The summed E-state index contributed by atoms with van der Waals surface area (Å²) in [4.78, 5) is 0.287. The molecule has 4 bridgehead atoms. The molecule has 4 saturated carbocycles. The predicted octanol–water partition coefficient (Wildman–Crippen LogP) is 5.38. The van der Waals surface area contributed by atoms with E-state index in [4.69, 9.17) is 16.3 Å². The monoisotopic (exact) mass is 417 g/mol. The van der Waals surface area contributed by atoms with Crippen LogP contribution < -0.4 is 9.46 Å². The molecule has 0 unspecified atom stereocenters. The van der Waals surface area contributed by atoms with Gasteiger partial charge in [-0.15, -0.1) is 0 Å². The zero-order chi connectivity index (χ0) is 19.4. The van der Waals surface area contributed by atoms with E-state index in [1.165, 1.54) is 19.3 Å². The van der Waals surface area contributed by atoms with Gasteiger partial charge in [-0.2, -0.15) is 0 Å². The van der Waals surface area contributed by atoms with E-state index in [0.29, 0.717) is 34.3 Å². The highest BCUT2D eigenvalue weighted by Crippen LogP contribution is 2.56. The van der Waals surface area contributed by atoms with Crippen LogP contribution in [0.4, 0.5) is 0 Å². The third-order valence-corrected chi connectivity index (χ3v) is 8.49. The molecule has 4 aliphatic carbocycles. The first-order chi connectivity index (χ1) is 13.4. The van der Waals surface area contributed by atoms with Gasteiger partial charge in [-0.1, -0.05) is 23.7 Å². The first kappa shape index (κ1) is 18.5. The highest BCUT2D eigenvalue weighted by Gasteiger charge is 2.52. The minimum absolute atomic E-state index is 0.236. The van der Waals surface area contributed by atoms with Crippen LogP contribution in [0.3, 0.4) is 0 Å². The van der Waals surface area contributed by atoms with E-state index in [9.17, 15) is 8.42 Å². The lowest BCUT2D eigenvalue weighted by molar-refractivity contribution is -0.00810. The molecule has 0 aliphatic heterocycles. The zero-order valence-electron chi connectivity index (χ0n) is 15.6. The van der Waals surface area contributed by atoms with Crippen molar-refractivity contribution in [2.75, 3.05) is 0 Å². The summed E-state index contributed by atoms with van der Waals surface area (Å²) in [5.41, 5.74) is -0.236. The second kappa shape index (κ2) is 6.75. The fraction of sp³-hybridized carbons (Fsp3) is 0.455. The van der Waals surface area contributed by atoms with Crippen LogP contribution in [0, 0.1) is 17.8 Å². The molecule has 2 aromatic rings. The Morgan fingerprint density at radius 3 is 2.04 bits per heavy atom. The Morgan fingerprint density at radius 2 is 1.46 bits per heavy atom. The summed E-state index contributed by atoms with van der Waals surface area (Å²) >= 11 is 6.12. The Balaban J connectivity index is 1.33. The van der Waals surface area contributed by atoms with Crippen molar-refractivity contribution in [3.05, 3.63) is 53.6 Å². The minimum Gasteiger partial charge on any atom is -0.456 e. The number of para-hydroxylation sites is 1. The number of benzene rings is 2. The molecule has 0 atom stereocenters. The smallest absolute Gasteiger partial charge is 0.241 e. The SMILES string of the molecule is O=S(=O)(NC12CC3CC(CC(C3)C1)C2)c1ccc(Oc2ccccc2Cl)cc1. The summed E-state index contributed by atoms with van der Waals surface area (Å²) in [5.74, 6) is 3.19. The van der Waals surface area contributed by atoms with E-state index in [-0.39, 0.29) is 10.4 Å². The normalized spacial score (nSPS) is 31.1. The van der Waals surface area contributed by atoms with Gasteiger partial charge in [0.05, 0.1) is 9.92 Å². The van der Waals surface area contributed by atoms with Crippen LogP contribution in [0.5, 0.6) is 11.5 Å². The van der Waals surface area contributed by atoms with Crippen LogP contribution in [0.15, 0.2) is 53.4 Å². The summed E-state index contributed by atoms with van der Waals surface area (Å²) in [5, 5.41) is 0.516. The van der Waals surface area contributed by atoms with Gasteiger partial charge in [0.25, 0.3) is 0 Å². The second-order valence-corrected chi connectivity index (χ2v) is 10.9. The van der Waals surface area contributed by atoms with E-state index in [1.54, 1.807) is 36.4 Å². The fourth-order valence-electron chi connectivity index (χ4n) is 5.92. The minimum atomic E-state index is -3.55. The molecular formula is C22H24ClNO3S. The number of hydrogen-bond donors (Lipinski definition) is 1. The molecule has 6 heteroatoms. The lowest BCUT2D eigenvalue weighted by Crippen LogP contribution is -2.59. The number of halogens is 1. The number of ether oxygens (including phenoxy) is 1. The summed E-state index contributed by atoms with van der Waals surface area (Å²) < 4.78 is 35.0. The average Bonchev–Trinajstić information content (AvgIpc) is 2.62. The Kier molecular flexibility index (Phi) is 4.45. The summed E-state index contributed by atoms with van der Waals surface area (Å²) in [6, 6.07) is 13.8. The Labute approximate surface area is 171 Å². The van der Waals surface area contributed by atoms with Crippen molar-refractivity contribution >= 4 is 21.6 Å². The lowest BCUT2D eigenvalue weighted by Gasteiger charge is -2.56. The van der Waals surface area contributed by atoms with Gasteiger partial charge in [0.2, 0.25) is 10.0 Å². The molecule has 0 saturated heterocycles. The Morgan fingerprint density at radius 1 is 0.893 bits per heavy atom. The quantitative estimate of drug-likeness (QED) is 0.710. The van der Waals surface area contributed by atoms with Crippen molar-refractivity contribution in [2.45, 2.75) is 49.0 Å². The van der Waals surface area contributed by atoms with E-state index < -0.39 is 10.0 Å². The topological polar surface area (TPSA) is 55.4 Å². The third-order valence-electron chi connectivity index (χ3n) is 6.59. The highest BCUT2D eigenvalue weighted by atomic mass is 35.5. The first-order valence-corrected chi connectivity index (χ1v) is 11.8. The summed E-state index contributed by atoms with van der Waals surface area (Å²) in [7, 11) is -3.55. The van der Waals surface area contributed by atoms with Gasteiger partial charge in [0.15, 0.2) is 0 Å². The van der Waals surface area contributed by atoms with E-state index in [2.05, 4.69) is 4.72 Å². The first-order valence-electron chi connectivity index (χ1n) is 9.97. The van der Waals surface area contributed by atoms with Crippen molar-refractivity contribution in [1.82, 2.24) is 4.72 Å². The number of hydrogen-bond acceptors (Lipinski definition) is 3. The van der Waals surface area contributed by atoms with E-state index >= 15 is 0 Å². The van der Waals surface area contributed by atoms with Crippen LogP contribution in [-0.2, 0) is 10.0 Å². The van der Waals surface area contributed by atoms with Gasteiger partial charge < -0.3 is 4.74 Å². The van der Waals surface area contributed by atoms with E-state index in [0.717, 1.165) is 19.3 Å². The fourth-order valence-corrected chi connectivity index (χ4v) is 7.53. The van der Waals surface area contributed by atoms with Crippen molar-refractivity contribution in [1.29, 1.82) is 0 Å². The highest BCUT2D eigenvalue weighted by molar-refractivity contribution is 7.89. The zero-order valence-corrected chi connectivity index (χ0v) is 17.2. The van der Waals surface area contributed by atoms with Crippen molar-refractivity contribution in [2.24, 2.45) is 17.8 Å². The van der Waals surface area contributed by atoms with Gasteiger partial charge in [-0.05, 0) is 92.7 Å². The maximum Gasteiger partial charge on any atom is 0.241 e.